The third-order valence-electron chi connectivity index (χ3n) is 10.6. The van der Waals surface area contributed by atoms with Crippen LogP contribution in [0.2, 0.25) is 0 Å². The van der Waals surface area contributed by atoms with Crippen molar-refractivity contribution in [2.45, 2.75) is 227 Å². The zero-order valence-corrected chi connectivity index (χ0v) is 49.5. The van der Waals surface area contributed by atoms with Gasteiger partial charge in [0.1, 0.15) is 12.2 Å². The molecule has 87 heavy (non-hydrogen) atoms. The normalized spacial score (nSPS) is 16.6. The summed E-state index contributed by atoms with van der Waals surface area (Å²) < 4.78 is 0. The van der Waals surface area contributed by atoms with Crippen molar-refractivity contribution >= 4 is 78.0 Å². The van der Waals surface area contributed by atoms with Gasteiger partial charge in [0.05, 0.1) is 13.1 Å². The van der Waals surface area contributed by atoms with E-state index in [1.807, 2.05) is 91.9 Å². The molecule has 0 atom stereocenters. The van der Waals surface area contributed by atoms with Gasteiger partial charge in [0.15, 0.2) is 0 Å². The lowest BCUT2D eigenvalue weighted by Gasteiger charge is -1.78. The van der Waals surface area contributed by atoms with Gasteiger partial charge in [0.2, 0.25) is 0 Å². The fraction of sp³-hybridized carbons (Fsp3) is 0.473. The number of allylic oxidation sites excluding steroid dienone is 22. The van der Waals surface area contributed by atoms with Crippen molar-refractivity contribution < 1.29 is 0 Å². The van der Waals surface area contributed by atoms with Crippen molar-refractivity contribution in [1.82, 2.24) is 0 Å². The number of aliphatic imine (C=N–C) groups is 9. The molecule has 9 heterocycles. The molecule has 0 aromatic rings. The molecule has 0 amide bonds. The van der Waals surface area contributed by atoms with Gasteiger partial charge in [-0.15, -0.1) is 0 Å². The molecule has 0 unspecified atom stereocenters. The van der Waals surface area contributed by atoms with Crippen LogP contribution in [0.15, 0.2) is 220 Å². The maximum absolute atomic E-state index is 3.97. The van der Waals surface area contributed by atoms with E-state index in [1.165, 1.54) is 57.7 Å². The second kappa shape index (κ2) is 67.5. The highest BCUT2D eigenvalue weighted by Gasteiger charge is 1.94. The standard InChI is InChI=1S/4C6H8.5C5H7N.4C4H6N2.9CH4/c4*1-6-4-2-3-5-6;2*1-5-2-3-6-4-5;3*1-5-3-2-4-6-5;1-4-2-5-3-6-4;1-4-5-2-3-6-4;2*1-4-2-3-5-6-4;;;;;;;;;/h2*2,4-5H,3H2,1H3;2*2-4H,5H2,1H3;3*3-4H,2H2,1H3;2*2,4H,3H2,1H3;3H,2H2,1H3;2H,3H2,1H3;2*3H,2H2,1H3;9*1H4. The molecule has 0 saturated carbocycles. The Morgan fingerprint density at radius 1 is 0.368 bits per heavy atom. The van der Waals surface area contributed by atoms with Crippen LogP contribution in [0.1, 0.15) is 227 Å². The van der Waals surface area contributed by atoms with Gasteiger partial charge in [-0.25, -0.2) is 9.98 Å². The number of hydrogen-bond acceptors (Lipinski definition) is 13. The van der Waals surface area contributed by atoms with E-state index in [0.29, 0.717) is 0 Å². The van der Waals surface area contributed by atoms with Crippen LogP contribution in [0.5, 0.6) is 0 Å². The summed E-state index contributed by atoms with van der Waals surface area (Å²) in [6.45, 7) is 28.1. The van der Waals surface area contributed by atoms with E-state index in [9.17, 15) is 0 Å². The van der Waals surface area contributed by atoms with E-state index < -0.39 is 0 Å². The first-order valence-electron chi connectivity index (χ1n) is 27.0. The Labute approximate surface area is 536 Å². The second-order valence-corrected chi connectivity index (χ2v) is 19.0. The predicted octanol–water partition coefficient (Wildman–Crippen LogP) is 22.8. The number of rotatable bonds is 0. The molecular weight excluding hydrogens is 1070 g/mol. The molecule has 0 bridgehead atoms. The van der Waals surface area contributed by atoms with Gasteiger partial charge >= 0.3 is 0 Å². The van der Waals surface area contributed by atoms with Crippen molar-refractivity contribution in [2.75, 3.05) is 13.1 Å². The molecule has 13 aliphatic rings. The maximum atomic E-state index is 3.97. The lowest BCUT2D eigenvalue weighted by Crippen LogP contribution is -1.87. The Morgan fingerprint density at radius 2 is 0.828 bits per heavy atom. The van der Waals surface area contributed by atoms with Crippen LogP contribution in [-0.4, -0.2) is 91.1 Å². The molecule has 0 N–H and O–H groups in total. The average molecular weight is 1200 g/mol. The Bertz CT molecular complexity index is 2130. The van der Waals surface area contributed by atoms with Crippen LogP contribution in [0.25, 0.3) is 0 Å². The van der Waals surface area contributed by atoms with Gasteiger partial charge < -0.3 is 0 Å². The molecule has 0 spiro atoms. The fourth-order valence-corrected chi connectivity index (χ4v) is 5.95. The van der Waals surface area contributed by atoms with Crippen molar-refractivity contribution in [1.29, 1.82) is 0 Å². The van der Waals surface area contributed by atoms with Crippen molar-refractivity contribution in [3.05, 3.63) is 155 Å². The number of nitrogens with zero attached hydrogens (tertiary/aromatic N) is 13. The minimum Gasteiger partial charge on any atom is -0.269 e. The van der Waals surface area contributed by atoms with Crippen molar-refractivity contribution in [3.8, 4) is 0 Å². The van der Waals surface area contributed by atoms with Crippen LogP contribution in [0.4, 0.5) is 0 Å². The van der Waals surface area contributed by atoms with Gasteiger partial charge in [-0.05, 0) is 127 Å². The molecule has 0 fully saturated rings. The van der Waals surface area contributed by atoms with Crippen molar-refractivity contribution in [3.63, 3.8) is 0 Å². The summed E-state index contributed by atoms with van der Waals surface area (Å²) in [4.78, 5) is 35.2. The smallest absolute Gasteiger partial charge is 0.120 e. The topological polar surface area (TPSA) is 161 Å². The fourth-order valence-electron chi connectivity index (χ4n) is 5.95. The van der Waals surface area contributed by atoms with Crippen LogP contribution >= 0.6 is 0 Å². The van der Waals surface area contributed by atoms with E-state index >= 15 is 0 Å². The van der Waals surface area contributed by atoms with Crippen LogP contribution in [0.3, 0.4) is 0 Å². The van der Waals surface area contributed by atoms with Gasteiger partial charge in [-0.2, -0.15) is 20.4 Å². The molecule has 0 aromatic carbocycles. The third kappa shape index (κ3) is 65.7. The third-order valence-corrected chi connectivity index (χ3v) is 10.6. The molecule has 488 valence electrons. The quantitative estimate of drug-likeness (QED) is 0.226. The summed E-state index contributed by atoms with van der Waals surface area (Å²) in [6.07, 6.45) is 64.0. The molecular formula is C74H127N13. The second-order valence-electron chi connectivity index (χ2n) is 19.0. The maximum Gasteiger partial charge on any atom is 0.120 e. The van der Waals surface area contributed by atoms with Crippen LogP contribution in [0, 0.1) is 0 Å². The predicted molar refractivity (Wildman–Crippen MR) is 410 cm³/mol. The highest BCUT2D eigenvalue weighted by atomic mass is 15.2. The molecule has 4 aliphatic carbocycles. The zero-order valence-electron chi connectivity index (χ0n) is 49.5. The molecule has 9 aliphatic heterocycles. The molecule has 0 saturated heterocycles. The van der Waals surface area contributed by atoms with Gasteiger partial charge in [-0.1, -0.05) is 180 Å². The highest BCUT2D eigenvalue weighted by Crippen LogP contribution is 2.09. The average Bonchev–Trinajstić information content (AvgIpc) is 4.23. The largest absolute Gasteiger partial charge is 0.269 e. The molecule has 0 aromatic heterocycles. The minimum atomic E-state index is 0. The molecule has 0 radical (unpaired) electrons. The highest BCUT2D eigenvalue weighted by molar-refractivity contribution is 5.97. The summed E-state index contributed by atoms with van der Waals surface area (Å²) >= 11 is 0. The van der Waals surface area contributed by atoms with Gasteiger partial charge in [-0.3, -0.25) is 34.9 Å². The molecule has 13 rings (SSSR count). The minimum absolute atomic E-state index is 0. The zero-order chi connectivity index (χ0) is 57.3. The number of hydrogen-bond donors (Lipinski definition) is 0. The first-order valence-corrected chi connectivity index (χ1v) is 27.0. The first-order chi connectivity index (χ1) is 37.6. The number of amidine groups is 1. The Hall–Kier alpha value is -7.67. The van der Waals surface area contributed by atoms with Gasteiger partial charge in [0, 0.05) is 141 Å². The summed E-state index contributed by atoms with van der Waals surface area (Å²) in [5, 5.41) is 14.7. The van der Waals surface area contributed by atoms with E-state index in [1.54, 1.807) is 25.0 Å². The molecule has 13 nitrogen and oxygen atoms in total. The Kier molecular flexibility index (Phi) is 76.3. The van der Waals surface area contributed by atoms with Crippen LogP contribution in [-0.2, 0) is 0 Å². The monoisotopic (exact) mass is 1200 g/mol. The Morgan fingerprint density at radius 3 is 0.920 bits per heavy atom. The summed E-state index contributed by atoms with van der Waals surface area (Å²) in [5.74, 6) is 0.898. The lowest BCUT2D eigenvalue weighted by atomic mass is 10.3. The van der Waals surface area contributed by atoms with Crippen LogP contribution < -0.4 is 0 Å². The summed E-state index contributed by atoms with van der Waals surface area (Å²) in [5.41, 5.74) is 15.3. The van der Waals surface area contributed by atoms with E-state index in [2.05, 4.69) is 198 Å². The van der Waals surface area contributed by atoms with Gasteiger partial charge in [0.25, 0.3) is 0 Å². The summed E-state index contributed by atoms with van der Waals surface area (Å²) in [7, 11) is 0. The summed E-state index contributed by atoms with van der Waals surface area (Å²) in [6, 6.07) is 0. The SMILES string of the molecule is C.C.C.C.C.C.C.C.C.CC1=CC=CC1.CC1=CC=CC1.CC1=CCC=C1.CC1=CCC=C1.CC1=CCC=N1.CC1=CN=CC1.CC1=CN=CC1.CC1=NC=CC1.CC1=NC=CC1.CC1=NC=NC1.CC1=NCC=N1.CC1=NN=CC1.CC1=NN=CC1. The van der Waals surface area contributed by atoms with E-state index in [0.717, 1.165) is 99.5 Å². The first kappa shape index (κ1) is 98.4. The Balaban J connectivity index is -0.000000107. The lowest BCUT2D eigenvalue weighted by molar-refractivity contribution is 1.25. The van der Waals surface area contributed by atoms with E-state index in [4.69, 9.17) is 0 Å². The van der Waals surface area contributed by atoms with Crippen molar-refractivity contribution in [2.24, 2.45) is 65.3 Å². The molecule has 13 heteroatoms. The van der Waals surface area contributed by atoms with E-state index in [-0.39, 0.29) is 66.8 Å².